The second-order valence-electron chi connectivity index (χ2n) is 4.38. The molecule has 0 spiro atoms. The molecular formula is C15H12F3O2PS. The fraction of sp³-hybridized carbons (Fsp3) is 0.133. The lowest BCUT2D eigenvalue weighted by molar-refractivity contribution is -0.137. The predicted molar refractivity (Wildman–Crippen MR) is 82.6 cm³/mol. The first-order chi connectivity index (χ1) is 10.4. The molecular weight excluding hydrogens is 332 g/mol. The normalized spacial score (nSPS) is 11.3. The van der Waals surface area contributed by atoms with Gasteiger partial charge in [-0.1, -0.05) is 24.3 Å². The van der Waals surface area contributed by atoms with Gasteiger partial charge in [-0.05, 0) is 29.8 Å². The zero-order valence-corrected chi connectivity index (χ0v) is 13.2. The number of hydrogen-bond acceptors (Lipinski definition) is 3. The Bertz CT molecular complexity index is 674. The van der Waals surface area contributed by atoms with Gasteiger partial charge in [-0.3, -0.25) is 0 Å². The minimum Gasteiger partial charge on any atom is -0.448 e. The number of benzene rings is 2. The maximum atomic E-state index is 12.7. The lowest BCUT2D eigenvalue weighted by atomic mass is 10.1. The molecule has 0 amide bonds. The highest BCUT2D eigenvalue weighted by molar-refractivity contribution is 7.98. The van der Waals surface area contributed by atoms with Gasteiger partial charge in [0.15, 0.2) is 0 Å². The zero-order valence-electron chi connectivity index (χ0n) is 11.3. The standard InChI is InChI=1S/C15H12F3O2PS/c16-15(17,18)11-5-3-6-12(8-11)22-9-10-4-1-2-7-13(10)14(19)20-21/h1-8H,9,21H2. The van der Waals surface area contributed by atoms with E-state index in [2.05, 4.69) is 4.52 Å². The minimum absolute atomic E-state index is 0.372. The molecule has 0 saturated carbocycles. The Morgan fingerprint density at radius 1 is 1.14 bits per heavy atom. The molecule has 0 heterocycles. The number of alkyl halides is 3. The highest BCUT2D eigenvalue weighted by Crippen LogP contribution is 2.33. The number of carbonyl (C=O) groups is 1. The average Bonchev–Trinajstić information content (AvgIpc) is 2.52. The summed E-state index contributed by atoms with van der Waals surface area (Å²) in [7, 11) is 1.89. The Labute approximate surface area is 132 Å². The van der Waals surface area contributed by atoms with Crippen LogP contribution in [-0.2, 0) is 16.5 Å². The summed E-state index contributed by atoms with van der Waals surface area (Å²) in [5, 5.41) is 0. The zero-order chi connectivity index (χ0) is 16.2. The van der Waals surface area contributed by atoms with Crippen molar-refractivity contribution in [3.63, 3.8) is 0 Å². The van der Waals surface area contributed by atoms with Gasteiger partial charge in [0.25, 0.3) is 0 Å². The van der Waals surface area contributed by atoms with Gasteiger partial charge >= 0.3 is 12.1 Å². The summed E-state index contributed by atoms with van der Waals surface area (Å²) in [5.74, 6) is -0.123. The van der Waals surface area contributed by atoms with Gasteiger partial charge in [-0.25, -0.2) is 4.79 Å². The van der Waals surface area contributed by atoms with Crippen molar-refractivity contribution in [2.75, 3.05) is 0 Å². The van der Waals surface area contributed by atoms with Crippen LogP contribution >= 0.6 is 21.2 Å². The van der Waals surface area contributed by atoms with Crippen LogP contribution in [0.15, 0.2) is 53.4 Å². The predicted octanol–water partition coefficient (Wildman–Crippen LogP) is 4.94. The maximum Gasteiger partial charge on any atom is 0.416 e. The van der Waals surface area contributed by atoms with E-state index < -0.39 is 17.7 Å². The molecule has 0 bridgehead atoms. The number of carbonyl (C=O) groups excluding carboxylic acids is 1. The van der Waals surface area contributed by atoms with E-state index in [0.29, 0.717) is 21.8 Å². The lowest BCUT2D eigenvalue weighted by Crippen LogP contribution is -2.04. The number of hydrogen-bond donors (Lipinski definition) is 0. The summed E-state index contributed by atoms with van der Waals surface area (Å²) < 4.78 is 42.6. The van der Waals surface area contributed by atoms with Crippen LogP contribution in [0, 0.1) is 0 Å². The van der Waals surface area contributed by atoms with E-state index in [1.54, 1.807) is 30.3 Å². The molecule has 116 valence electrons. The van der Waals surface area contributed by atoms with E-state index in [0.717, 1.165) is 12.1 Å². The van der Waals surface area contributed by atoms with Gasteiger partial charge in [0, 0.05) is 10.6 Å². The van der Waals surface area contributed by atoms with E-state index in [4.69, 9.17) is 0 Å². The van der Waals surface area contributed by atoms with E-state index in [1.807, 2.05) is 9.47 Å². The molecule has 0 aliphatic carbocycles. The van der Waals surface area contributed by atoms with E-state index in [1.165, 1.54) is 17.8 Å². The molecule has 0 fully saturated rings. The molecule has 2 aromatic rings. The molecule has 7 heteroatoms. The van der Waals surface area contributed by atoms with Crippen LogP contribution in [0.3, 0.4) is 0 Å². The van der Waals surface area contributed by atoms with Gasteiger partial charge in [0.1, 0.15) is 0 Å². The summed E-state index contributed by atoms with van der Waals surface area (Å²) in [6.45, 7) is 0. The largest absolute Gasteiger partial charge is 0.448 e. The van der Waals surface area contributed by atoms with Crippen molar-refractivity contribution in [2.24, 2.45) is 0 Å². The second kappa shape index (κ2) is 7.16. The van der Waals surface area contributed by atoms with Crippen molar-refractivity contribution in [2.45, 2.75) is 16.8 Å². The van der Waals surface area contributed by atoms with Crippen LogP contribution in [0.5, 0.6) is 0 Å². The first-order valence-corrected chi connectivity index (χ1v) is 7.66. The fourth-order valence-corrected chi connectivity index (χ4v) is 2.92. The minimum atomic E-state index is -4.36. The third-order valence-corrected chi connectivity index (χ3v) is 4.16. The van der Waals surface area contributed by atoms with Crippen LogP contribution in [0.4, 0.5) is 13.2 Å². The van der Waals surface area contributed by atoms with Gasteiger partial charge in [0.2, 0.25) is 0 Å². The molecule has 0 aliphatic rings. The topological polar surface area (TPSA) is 26.3 Å². The smallest absolute Gasteiger partial charge is 0.416 e. The summed E-state index contributed by atoms with van der Waals surface area (Å²) in [6, 6.07) is 11.9. The average molecular weight is 344 g/mol. The van der Waals surface area contributed by atoms with Crippen LogP contribution in [0.1, 0.15) is 21.5 Å². The van der Waals surface area contributed by atoms with E-state index in [-0.39, 0.29) is 0 Å². The van der Waals surface area contributed by atoms with Gasteiger partial charge in [-0.15, -0.1) is 11.8 Å². The monoisotopic (exact) mass is 344 g/mol. The third-order valence-electron chi connectivity index (χ3n) is 2.90. The Morgan fingerprint density at radius 2 is 1.86 bits per heavy atom. The van der Waals surface area contributed by atoms with Crippen molar-refractivity contribution >= 4 is 27.2 Å². The first-order valence-electron chi connectivity index (χ1n) is 6.21. The number of thioether (sulfide) groups is 1. The molecule has 2 nitrogen and oxygen atoms in total. The summed E-state index contributed by atoms with van der Waals surface area (Å²) >= 11 is 1.23. The first kappa shape index (κ1) is 16.8. The molecule has 0 aliphatic heterocycles. The molecule has 2 rings (SSSR count). The maximum absolute atomic E-state index is 12.7. The molecule has 0 N–H and O–H groups in total. The molecule has 0 radical (unpaired) electrons. The van der Waals surface area contributed by atoms with E-state index in [9.17, 15) is 18.0 Å². The SMILES string of the molecule is O=C(OP)c1ccccc1CSc1cccc(C(F)(F)F)c1. The quantitative estimate of drug-likeness (QED) is 0.580. The van der Waals surface area contributed by atoms with Crippen molar-refractivity contribution in [1.82, 2.24) is 0 Å². The van der Waals surface area contributed by atoms with Crippen molar-refractivity contribution in [1.29, 1.82) is 0 Å². The fourth-order valence-electron chi connectivity index (χ4n) is 1.83. The third kappa shape index (κ3) is 4.24. The highest BCUT2D eigenvalue weighted by atomic mass is 32.2. The second-order valence-corrected chi connectivity index (χ2v) is 5.66. The molecule has 2 aromatic carbocycles. The van der Waals surface area contributed by atoms with Crippen LogP contribution in [0.2, 0.25) is 0 Å². The number of halogens is 3. The Hall–Kier alpha value is -1.52. The summed E-state index contributed by atoms with van der Waals surface area (Å²) in [4.78, 5) is 12.1. The Morgan fingerprint density at radius 3 is 2.55 bits per heavy atom. The van der Waals surface area contributed by atoms with Crippen molar-refractivity contribution < 1.29 is 22.5 Å². The lowest BCUT2D eigenvalue weighted by Gasteiger charge is -2.10. The van der Waals surface area contributed by atoms with E-state index >= 15 is 0 Å². The van der Waals surface area contributed by atoms with Gasteiger partial charge < -0.3 is 4.52 Å². The van der Waals surface area contributed by atoms with Crippen molar-refractivity contribution in [3.8, 4) is 0 Å². The van der Waals surface area contributed by atoms with Crippen LogP contribution in [-0.4, -0.2) is 5.97 Å². The van der Waals surface area contributed by atoms with Crippen LogP contribution in [0.25, 0.3) is 0 Å². The van der Waals surface area contributed by atoms with Gasteiger partial charge in [0.05, 0.1) is 20.6 Å². The highest BCUT2D eigenvalue weighted by Gasteiger charge is 2.30. The molecule has 1 atom stereocenters. The number of rotatable bonds is 4. The molecule has 22 heavy (non-hydrogen) atoms. The summed E-state index contributed by atoms with van der Waals surface area (Å²) in [6.07, 6.45) is -4.36. The molecule has 0 aromatic heterocycles. The summed E-state index contributed by atoms with van der Waals surface area (Å²) in [5.41, 5.74) is 0.421. The van der Waals surface area contributed by atoms with Crippen LogP contribution < -0.4 is 0 Å². The molecule has 1 unspecified atom stereocenters. The van der Waals surface area contributed by atoms with Gasteiger partial charge in [-0.2, -0.15) is 13.2 Å². The Kier molecular flexibility index (Phi) is 5.48. The Balaban J connectivity index is 2.16. The molecule has 0 saturated heterocycles. The van der Waals surface area contributed by atoms with Crippen molar-refractivity contribution in [3.05, 3.63) is 65.2 Å².